The lowest BCUT2D eigenvalue weighted by Crippen LogP contribution is -2.41. The SMILES string of the molecule is CCN(c1nc(C)cc(OC)n1)C1CCNC1=O. The van der Waals surface area contributed by atoms with Crippen molar-refractivity contribution in [3.8, 4) is 5.88 Å². The second-order valence-corrected chi connectivity index (χ2v) is 4.23. The number of hydrogen-bond acceptors (Lipinski definition) is 5. The van der Waals surface area contributed by atoms with Crippen molar-refractivity contribution in [2.45, 2.75) is 26.3 Å². The van der Waals surface area contributed by atoms with Crippen LogP contribution in [-0.4, -0.2) is 42.1 Å². The molecule has 98 valence electrons. The highest BCUT2D eigenvalue weighted by atomic mass is 16.5. The van der Waals surface area contributed by atoms with Gasteiger partial charge in [0.15, 0.2) is 0 Å². The fraction of sp³-hybridized carbons (Fsp3) is 0.583. The number of aryl methyl sites for hydroxylation is 1. The zero-order valence-electron chi connectivity index (χ0n) is 10.9. The van der Waals surface area contributed by atoms with Gasteiger partial charge in [-0.1, -0.05) is 0 Å². The van der Waals surface area contributed by atoms with E-state index in [1.165, 1.54) is 0 Å². The van der Waals surface area contributed by atoms with E-state index in [4.69, 9.17) is 4.74 Å². The van der Waals surface area contributed by atoms with Gasteiger partial charge >= 0.3 is 0 Å². The van der Waals surface area contributed by atoms with Crippen LogP contribution >= 0.6 is 0 Å². The monoisotopic (exact) mass is 250 g/mol. The number of nitrogens with one attached hydrogen (secondary N) is 1. The van der Waals surface area contributed by atoms with Crippen molar-refractivity contribution >= 4 is 11.9 Å². The van der Waals surface area contributed by atoms with Gasteiger partial charge in [0.1, 0.15) is 6.04 Å². The average molecular weight is 250 g/mol. The fourth-order valence-electron chi connectivity index (χ4n) is 2.14. The Kier molecular flexibility index (Phi) is 3.64. The lowest BCUT2D eigenvalue weighted by Gasteiger charge is -2.26. The van der Waals surface area contributed by atoms with Gasteiger partial charge in [-0.3, -0.25) is 4.79 Å². The number of anilines is 1. The molecular weight excluding hydrogens is 232 g/mol. The third-order valence-electron chi connectivity index (χ3n) is 3.02. The molecule has 1 aliphatic heterocycles. The van der Waals surface area contributed by atoms with Crippen LogP contribution in [0.2, 0.25) is 0 Å². The molecule has 0 saturated carbocycles. The van der Waals surface area contributed by atoms with Gasteiger partial charge in [0, 0.05) is 24.8 Å². The third kappa shape index (κ3) is 2.37. The molecule has 0 aromatic carbocycles. The molecule has 1 aromatic heterocycles. The van der Waals surface area contributed by atoms with Crippen LogP contribution < -0.4 is 15.0 Å². The van der Waals surface area contributed by atoms with Crippen molar-refractivity contribution in [1.82, 2.24) is 15.3 Å². The molecule has 1 aliphatic rings. The maximum Gasteiger partial charge on any atom is 0.242 e. The summed E-state index contributed by atoms with van der Waals surface area (Å²) in [5.41, 5.74) is 0.828. The number of hydrogen-bond donors (Lipinski definition) is 1. The van der Waals surface area contributed by atoms with Crippen LogP contribution in [0.25, 0.3) is 0 Å². The van der Waals surface area contributed by atoms with E-state index in [2.05, 4.69) is 15.3 Å². The molecule has 0 aliphatic carbocycles. The number of methoxy groups -OCH3 is 1. The summed E-state index contributed by atoms with van der Waals surface area (Å²) in [6, 6.07) is 1.59. The Morgan fingerprint density at radius 1 is 1.56 bits per heavy atom. The van der Waals surface area contributed by atoms with E-state index in [9.17, 15) is 4.79 Å². The van der Waals surface area contributed by atoms with Crippen LogP contribution in [0, 0.1) is 6.92 Å². The number of likely N-dealkylation sites (N-methyl/N-ethyl adjacent to an activating group) is 1. The lowest BCUT2D eigenvalue weighted by atomic mass is 10.2. The number of rotatable bonds is 4. The Hall–Kier alpha value is -1.85. The van der Waals surface area contributed by atoms with E-state index in [-0.39, 0.29) is 11.9 Å². The molecule has 1 saturated heterocycles. The van der Waals surface area contributed by atoms with Crippen molar-refractivity contribution in [2.75, 3.05) is 25.1 Å². The molecule has 1 amide bonds. The zero-order chi connectivity index (χ0) is 13.1. The van der Waals surface area contributed by atoms with Gasteiger partial charge in [0.05, 0.1) is 7.11 Å². The largest absolute Gasteiger partial charge is 0.481 e. The molecular formula is C12H18N4O2. The third-order valence-corrected chi connectivity index (χ3v) is 3.02. The average Bonchev–Trinajstić information content (AvgIpc) is 2.76. The van der Waals surface area contributed by atoms with E-state index < -0.39 is 0 Å². The van der Waals surface area contributed by atoms with Gasteiger partial charge in [-0.25, -0.2) is 4.98 Å². The summed E-state index contributed by atoms with van der Waals surface area (Å²) >= 11 is 0. The van der Waals surface area contributed by atoms with Crippen molar-refractivity contribution in [1.29, 1.82) is 0 Å². The van der Waals surface area contributed by atoms with E-state index in [1.54, 1.807) is 13.2 Å². The van der Waals surface area contributed by atoms with E-state index in [0.29, 0.717) is 24.9 Å². The minimum absolute atomic E-state index is 0.0425. The van der Waals surface area contributed by atoms with Crippen molar-refractivity contribution in [3.05, 3.63) is 11.8 Å². The highest BCUT2D eigenvalue weighted by molar-refractivity contribution is 5.86. The molecule has 0 radical (unpaired) electrons. The summed E-state index contributed by atoms with van der Waals surface area (Å²) < 4.78 is 5.14. The second kappa shape index (κ2) is 5.20. The maximum atomic E-state index is 11.7. The standard InChI is InChI=1S/C12H18N4O2/c1-4-16(9-5-6-13-11(9)17)12-14-8(2)7-10(15-12)18-3/h7,9H,4-6H2,1-3H3,(H,13,17). The highest BCUT2D eigenvalue weighted by Crippen LogP contribution is 2.20. The predicted molar refractivity (Wildman–Crippen MR) is 67.8 cm³/mol. The van der Waals surface area contributed by atoms with Crippen molar-refractivity contribution < 1.29 is 9.53 Å². The number of carbonyl (C=O) groups is 1. The zero-order valence-corrected chi connectivity index (χ0v) is 10.9. The first kappa shape index (κ1) is 12.6. The van der Waals surface area contributed by atoms with Crippen LogP contribution in [0.5, 0.6) is 5.88 Å². The molecule has 2 heterocycles. The highest BCUT2D eigenvalue weighted by Gasteiger charge is 2.31. The van der Waals surface area contributed by atoms with Gasteiger partial charge < -0.3 is 15.0 Å². The van der Waals surface area contributed by atoms with E-state index >= 15 is 0 Å². The first-order valence-corrected chi connectivity index (χ1v) is 6.09. The Labute approximate surface area is 106 Å². The van der Waals surface area contributed by atoms with Gasteiger partial charge in [-0.15, -0.1) is 0 Å². The van der Waals surface area contributed by atoms with Crippen LogP contribution in [0.4, 0.5) is 5.95 Å². The molecule has 1 unspecified atom stereocenters. The molecule has 0 spiro atoms. The first-order valence-electron chi connectivity index (χ1n) is 6.09. The van der Waals surface area contributed by atoms with E-state index in [0.717, 1.165) is 12.1 Å². The number of aromatic nitrogens is 2. The summed E-state index contributed by atoms with van der Waals surface area (Å²) in [7, 11) is 1.57. The molecule has 1 fully saturated rings. The number of ether oxygens (including phenoxy) is 1. The smallest absolute Gasteiger partial charge is 0.242 e. The Bertz CT molecular complexity index is 450. The van der Waals surface area contributed by atoms with Gasteiger partial charge in [-0.05, 0) is 20.3 Å². The molecule has 18 heavy (non-hydrogen) atoms. The Morgan fingerprint density at radius 3 is 2.89 bits per heavy atom. The summed E-state index contributed by atoms with van der Waals surface area (Å²) in [5, 5.41) is 2.83. The molecule has 6 nitrogen and oxygen atoms in total. The van der Waals surface area contributed by atoms with Crippen LogP contribution in [0.3, 0.4) is 0 Å². The van der Waals surface area contributed by atoms with Crippen LogP contribution in [0.1, 0.15) is 19.0 Å². The number of amides is 1. The molecule has 6 heteroatoms. The minimum Gasteiger partial charge on any atom is -0.481 e. The Morgan fingerprint density at radius 2 is 2.33 bits per heavy atom. The molecule has 0 bridgehead atoms. The van der Waals surface area contributed by atoms with Crippen LogP contribution in [-0.2, 0) is 4.79 Å². The number of nitrogens with zero attached hydrogens (tertiary/aromatic N) is 3. The van der Waals surface area contributed by atoms with Crippen molar-refractivity contribution in [3.63, 3.8) is 0 Å². The van der Waals surface area contributed by atoms with Gasteiger partial charge in [-0.2, -0.15) is 4.98 Å². The fourth-order valence-corrected chi connectivity index (χ4v) is 2.14. The molecule has 2 rings (SSSR count). The second-order valence-electron chi connectivity index (χ2n) is 4.23. The quantitative estimate of drug-likeness (QED) is 0.843. The van der Waals surface area contributed by atoms with Gasteiger partial charge in [0.2, 0.25) is 17.7 Å². The maximum absolute atomic E-state index is 11.7. The topological polar surface area (TPSA) is 67.3 Å². The predicted octanol–water partition coefficient (Wildman–Crippen LogP) is 0.508. The summed E-state index contributed by atoms with van der Waals surface area (Å²) in [5.74, 6) is 1.12. The lowest BCUT2D eigenvalue weighted by molar-refractivity contribution is -0.120. The van der Waals surface area contributed by atoms with Gasteiger partial charge in [0.25, 0.3) is 0 Å². The first-order chi connectivity index (χ1) is 8.65. The van der Waals surface area contributed by atoms with E-state index in [1.807, 2.05) is 18.7 Å². The summed E-state index contributed by atoms with van der Waals surface area (Å²) in [6.07, 6.45) is 0.784. The molecule has 1 aromatic rings. The van der Waals surface area contributed by atoms with Crippen molar-refractivity contribution in [2.24, 2.45) is 0 Å². The summed E-state index contributed by atoms with van der Waals surface area (Å²) in [4.78, 5) is 22.4. The summed E-state index contributed by atoms with van der Waals surface area (Å²) in [6.45, 7) is 5.27. The Balaban J connectivity index is 2.32. The van der Waals surface area contributed by atoms with Crippen LogP contribution in [0.15, 0.2) is 6.07 Å². The normalized spacial score (nSPS) is 18.6. The molecule has 1 N–H and O–H groups in total. The number of carbonyl (C=O) groups excluding carboxylic acids is 1. The minimum atomic E-state index is -0.179. The molecule has 1 atom stereocenters.